The maximum Gasteiger partial charge on any atom is 0.326 e. The third-order valence-electron chi connectivity index (χ3n) is 3.25. The Balaban J connectivity index is 2.39. The van der Waals surface area contributed by atoms with Crippen LogP contribution < -0.4 is 10.6 Å². The smallest absolute Gasteiger partial charge is 0.326 e. The highest BCUT2D eigenvalue weighted by atomic mass is 16.4. The predicted octanol–water partition coefficient (Wildman–Crippen LogP) is 2.34. The SMILES string of the molecule is Cc1ccccc1CCNC(=O)N[C@H](CC(C)C)C(=O)O. The molecule has 0 spiro atoms. The lowest BCUT2D eigenvalue weighted by Crippen LogP contribution is -2.47. The zero-order chi connectivity index (χ0) is 15.8. The molecule has 1 aromatic rings. The quantitative estimate of drug-likeness (QED) is 0.721. The van der Waals surface area contributed by atoms with Gasteiger partial charge in [0, 0.05) is 6.54 Å². The van der Waals surface area contributed by atoms with Crippen molar-refractivity contribution in [2.24, 2.45) is 5.92 Å². The zero-order valence-electron chi connectivity index (χ0n) is 12.8. The summed E-state index contributed by atoms with van der Waals surface area (Å²) in [5, 5.41) is 14.3. The van der Waals surface area contributed by atoms with Crippen LogP contribution in [-0.2, 0) is 11.2 Å². The maximum atomic E-state index is 11.7. The second kappa shape index (κ2) is 8.29. The fraction of sp³-hybridized carbons (Fsp3) is 0.500. The van der Waals surface area contributed by atoms with Crippen LogP contribution >= 0.6 is 0 Å². The molecule has 0 saturated heterocycles. The Morgan fingerprint density at radius 2 is 1.90 bits per heavy atom. The minimum Gasteiger partial charge on any atom is -0.480 e. The van der Waals surface area contributed by atoms with E-state index < -0.39 is 18.0 Å². The maximum absolute atomic E-state index is 11.7. The molecule has 0 unspecified atom stereocenters. The van der Waals surface area contributed by atoms with E-state index in [2.05, 4.69) is 10.6 Å². The van der Waals surface area contributed by atoms with Gasteiger partial charge >= 0.3 is 12.0 Å². The van der Waals surface area contributed by atoms with Crippen LogP contribution in [0.3, 0.4) is 0 Å². The summed E-state index contributed by atoms with van der Waals surface area (Å²) in [4.78, 5) is 22.8. The Kier molecular flexibility index (Phi) is 6.72. The summed E-state index contributed by atoms with van der Waals surface area (Å²) in [6.07, 6.45) is 1.14. The van der Waals surface area contributed by atoms with Crippen molar-refractivity contribution < 1.29 is 14.7 Å². The first-order valence-electron chi connectivity index (χ1n) is 7.21. The van der Waals surface area contributed by atoms with Gasteiger partial charge in [0.05, 0.1) is 0 Å². The first-order chi connectivity index (χ1) is 9.90. The second-order valence-electron chi connectivity index (χ2n) is 5.60. The summed E-state index contributed by atoms with van der Waals surface area (Å²) in [6, 6.07) is 6.71. The topological polar surface area (TPSA) is 78.4 Å². The molecule has 5 heteroatoms. The minimum absolute atomic E-state index is 0.207. The Bertz CT molecular complexity index is 486. The lowest BCUT2D eigenvalue weighted by molar-refractivity contribution is -0.139. The van der Waals surface area contributed by atoms with E-state index in [1.165, 1.54) is 11.1 Å². The lowest BCUT2D eigenvalue weighted by Gasteiger charge is -2.17. The molecule has 0 aliphatic carbocycles. The summed E-state index contributed by atoms with van der Waals surface area (Å²) in [7, 11) is 0. The lowest BCUT2D eigenvalue weighted by atomic mass is 10.0. The molecule has 0 bridgehead atoms. The normalized spacial score (nSPS) is 12.0. The van der Waals surface area contributed by atoms with Gasteiger partial charge in [-0.25, -0.2) is 9.59 Å². The molecule has 1 aromatic carbocycles. The molecule has 0 heterocycles. The van der Waals surface area contributed by atoms with Gasteiger partial charge in [0.25, 0.3) is 0 Å². The number of rotatable bonds is 7. The average molecular weight is 292 g/mol. The highest BCUT2D eigenvalue weighted by molar-refractivity contribution is 5.82. The van der Waals surface area contributed by atoms with Crippen molar-refractivity contribution in [1.29, 1.82) is 0 Å². The van der Waals surface area contributed by atoms with Gasteiger partial charge in [0.2, 0.25) is 0 Å². The Labute approximate surface area is 125 Å². The number of carbonyl (C=O) groups excluding carboxylic acids is 1. The highest BCUT2D eigenvalue weighted by Gasteiger charge is 2.20. The average Bonchev–Trinajstić information content (AvgIpc) is 2.39. The van der Waals surface area contributed by atoms with Crippen LogP contribution in [-0.4, -0.2) is 29.7 Å². The van der Waals surface area contributed by atoms with Gasteiger partial charge in [-0.05, 0) is 36.8 Å². The van der Waals surface area contributed by atoms with Gasteiger partial charge in [0.15, 0.2) is 0 Å². The zero-order valence-corrected chi connectivity index (χ0v) is 12.8. The van der Waals surface area contributed by atoms with Crippen molar-refractivity contribution in [2.75, 3.05) is 6.54 Å². The fourth-order valence-electron chi connectivity index (χ4n) is 2.10. The molecule has 0 aliphatic rings. The van der Waals surface area contributed by atoms with Crippen molar-refractivity contribution in [3.8, 4) is 0 Å². The number of urea groups is 1. The third-order valence-corrected chi connectivity index (χ3v) is 3.25. The summed E-state index contributed by atoms with van der Waals surface area (Å²) < 4.78 is 0. The minimum atomic E-state index is -1.00. The van der Waals surface area contributed by atoms with Crippen molar-refractivity contribution in [3.63, 3.8) is 0 Å². The summed E-state index contributed by atoms with van der Waals surface area (Å²) in [5.74, 6) is -0.795. The number of aryl methyl sites for hydroxylation is 1. The number of carboxylic acids is 1. The van der Waals surface area contributed by atoms with Crippen molar-refractivity contribution in [3.05, 3.63) is 35.4 Å². The Morgan fingerprint density at radius 3 is 2.48 bits per heavy atom. The molecule has 1 rings (SSSR count). The number of aliphatic carboxylic acids is 1. The van der Waals surface area contributed by atoms with E-state index in [4.69, 9.17) is 5.11 Å². The van der Waals surface area contributed by atoms with Crippen molar-refractivity contribution in [1.82, 2.24) is 10.6 Å². The standard InChI is InChI=1S/C16H24N2O3/c1-11(2)10-14(15(19)20)18-16(21)17-9-8-13-7-5-4-6-12(13)3/h4-7,11,14H,8-10H2,1-3H3,(H,19,20)(H2,17,18,21)/t14-/m1/s1. The van der Waals surface area contributed by atoms with E-state index in [0.717, 1.165) is 6.42 Å². The van der Waals surface area contributed by atoms with E-state index >= 15 is 0 Å². The molecule has 0 aliphatic heterocycles. The fourth-order valence-corrected chi connectivity index (χ4v) is 2.10. The number of hydrogen-bond acceptors (Lipinski definition) is 2. The summed E-state index contributed by atoms with van der Waals surface area (Å²) in [6.45, 7) is 6.35. The van der Waals surface area contributed by atoms with E-state index in [1.54, 1.807) is 0 Å². The third kappa shape index (κ3) is 6.29. The van der Waals surface area contributed by atoms with Gasteiger partial charge in [0.1, 0.15) is 6.04 Å². The first-order valence-corrected chi connectivity index (χ1v) is 7.21. The molecule has 5 nitrogen and oxygen atoms in total. The Hall–Kier alpha value is -2.04. The molecular formula is C16H24N2O3. The number of carbonyl (C=O) groups is 2. The van der Waals surface area contributed by atoms with Gasteiger partial charge in [-0.3, -0.25) is 0 Å². The molecule has 0 fully saturated rings. The highest BCUT2D eigenvalue weighted by Crippen LogP contribution is 2.07. The van der Waals surface area contributed by atoms with E-state index in [-0.39, 0.29) is 5.92 Å². The molecule has 0 radical (unpaired) electrons. The molecule has 3 N–H and O–H groups in total. The number of amides is 2. The number of carboxylic acid groups (broad SMARTS) is 1. The van der Waals surface area contributed by atoms with Crippen LogP contribution in [0.5, 0.6) is 0 Å². The van der Waals surface area contributed by atoms with Gasteiger partial charge in [-0.2, -0.15) is 0 Å². The molecule has 2 amide bonds. The van der Waals surface area contributed by atoms with Gasteiger partial charge in [-0.1, -0.05) is 38.1 Å². The monoisotopic (exact) mass is 292 g/mol. The molecule has 21 heavy (non-hydrogen) atoms. The van der Waals surface area contributed by atoms with Crippen LogP contribution in [0.4, 0.5) is 4.79 Å². The van der Waals surface area contributed by atoms with Crippen LogP contribution in [0.15, 0.2) is 24.3 Å². The van der Waals surface area contributed by atoms with Gasteiger partial charge in [-0.15, -0.1) is 0 Å². The number of nitrogens with one attached hydrogen (secondary N) is 2. The van der Waals surface area contributed by atoms with Crippen LogP contribution in [0, 0.1) is 12.8 Å². The van der Waals surface area contributed by atoms with Gasteiger partial charge < -0.3 is 15.7 Å². The van der Waals surface area contributed by atoms with Crippen molar-refractivity contribution >= 4 is 12.0 Å². The molecular weight excluding hydrogens is 268 g/mol. The molecule has 0 saturated carbocycles. The summed E-state index contributed by atoms with van der Waals surface area (Å²) in [5.41, 5.74) is 2.36. The largest absolute Gasteiger partial charge is 0.480 e. The Morgan fingerprint density at radius 1 is 1.24 bits per heavy atom. The molecule has 1 atom stereocenters. The van der Waals surface area contributed by atoms with E-state index in [0.29, 0.717) is 13.0 Å². The van der Waals surface area contributed by atoms with E-state index in [9.17, 15) is 9.59 Å². The van der Waals surface area contributed by atoms with E-state index in [1.807, 2.05) is 45.0 Å². The van der Waals surface area contributed by atoms with Crippen LogP contribution in [0.1, 0.15) is 31.4 Å². The second-order valence-corrected chi connectivity index (χ2v) is 5.60. The number of benzene rings is 1. The first kappa shape index (κ1) is 17.0. The summed E-state index contributed by atoms with van der Waals surface area (Å²) >= 11 is 0. The van der Waals surface area contributed by atoms with Crippen LogP contribution in [0.25, 0.3) is 0 Å². The molecule has 0 aromatic heterocycles. The predicted molar refractivity (Wildman–Crippen MR) is 82.3 cm³/mol. The van der Waals surface area contributed by atoms with Crippen molar-refractivity contribution in [2.45, 2.75) is 39.7 Å². The molecule has 116 valence electrons. The van der Waals surface area contributed by atoms with Crippen LogP contribution in [0.2, 0.25) is 0 Å². The number of hydrogen-bond donors (Lipinski definition) is 3.